The predicted molar refractivity (Wildman–Crippen MR) is 123 cm³/mol. The zero-order valence-corrected chi connectivity index (χ0v) is 19.2. The number of benzene rings is 1. The number of carbonyl (C=O) groups is 2. The van der Waals surface area contributed by atoms with Gasteiger partial charge < -0.3 is 24.2 Å². The van der Waals surface area contributed by atoms with Crippen LogP contribution in [-0.2, 0) is 19.0 Å². The first-order chi connectivity index (χ1) is 16.0. The highest BCUT2D eigenvalue weighted by molar-refractivity contribution is 5.95. The van der Waals surface area contributed by atoms with Gasteiger partial charge >= 0.3 is 0 Å². The number of nitrogens with zero attached hydrogens (tertiary/aromatic N) is 2. The van der Waals surface area contributed by atoms with Gasteiger partial charge in [0.15, 0.2) is 5.76 Å². The summed E-state index contributed by atoms with van der Waals surface area (Å²) in [5.41, 5.74) is 1.78. The molecular formula is C25H32N2O6. The van der Waals surface area contributed by atoms with E-state index in [4.69, 9.17) is 14.2 Å². The normalized spacial score (nSPS) is 23.3. The predicted octanol–water partition coefficient (Wildman–Crippen LogP) is 2.91. The van der Waals surface area contributed by atoms with Gasteiger partial charge in [-0.25, -0.2) is 0 Å². The molecule has 1 aromatic carbocycles. The Kier molecular flexibility index (Phi) is 7.47. The standard InChI is InChI=1S/C25H32N2O6/c1-3-32-25-19(8-6-12-28)20(15-23(33-25)24(30)26-10-13-31-14-11-26)21-16-27(17(2)29)22-9-5-4-7-18(21)22/h4-5,7,9,15-16,19-20,25,28H,3,6,8,10-14H2,1-2H3/t19-,20-,25+/m1/s1. The number of morpholine rings is 1. The number of amides is 1. The molecule has 0 bridgehead atoms. The Balaban J connectivity index is 1.81. The van der Waals surface area contributed by atoms with Gasteiger partial charge in [0.1, 0.15) is 0 Å². The molecule has 2 aliphatic heterocycles. The van der Waals surface area contributed by atoms with E-state index in [1.807, 2.05) is 43.5 Å². The summed E-state index contributed by atoms with van der Waals surface area (Å²) in [6.07, 6.45) is 4.35. The first-order valence-corrected chi connectivity index (χ1v) is 11.6. The van der Waals surface area contributed by atoms with Crippen LogP contribution in [0.2, 0.25) is 0 Å². The van der Waals surface area contributed by atoms with E-state index in [0.29, 0.717) is 45.8 Å². The maximum Gasteiger partial charge on any atom is 0.288 e. The Hall–Kier alpha value is -2.68. The summed E-state index contributed by atoms with van der Waals surface area (Å²) in [6, 6.07) is 7.77. The van der Waals surface area contributed by atoms with Gasteiger partial charge in [0, 0.05) is 56.6 Å². The maximum absolute atomic E-state index is 13.3. The molecule has 0 aliphatic carbocycles. The van der Waals surface area contributed by atoms with Crippen LogP contribution < -0.4 is 0 Å². The fourth-order valence-electron chi connectivity index (χ4n) is 4.77. The van der Waals surface area contributed by atoms with Gasteiger partial charge in [-0.15, -0.1) is 0 Å². The molecule has 8 heteroatoms. The Morgan fingerprint density at radius 3 is 2.67 bits per heavy atom. The molecule has 4 rings (SSSR count). The minimum Gasteiger partial charge on any atom is -0.459 e. The highest BCUT2D eigenvalue weighted by Gasteiger charge is 2.40. The highest BCUT2D eigenvalue weighted by atomic mass is 16.7. The van der Waals surface area contributed by atoms with Crippen LogP contribution >= 0.6 is 0 Å². The number of aromatic nitrogens is 1. The number of carbonyl (C=O) groups excluding carboxylic acids is 2. The van der Waals surface area contributed by atoms with E-state index in [0.717, 1.165) is 16.5 Å². The number of rotatable bonds is 7. The molecule has 178 valence electrons. The number of hydrogen-bond acceptors (Lipinski definition) is 6. The van der Waals surface area contributed by atoms with E-state index in [1.165, 1.54) is 6.92 Å². The second-order valence-corrected chi connectivity index (χ2v) is 8.42. The van der Waals surface area contributed by atoms with E-state index in [2.05, 4.69) is 0 Å². The maximum atomic E-state index is 13.3. The van der Waals surface area contributed by atoms with Crippen molar-refractivity contribution in [3.8, 4) is 0 Å². The third-order valence-electron chi connectivity index (χ3n) is 6.36. The van der Waals surface area contributed by atoms with Crippen molar-refractivity contribution < 1.29 is 28.9 Å². The lowest BCUT2D eigenvalue weighted by Crippen LogP contribution is -2.44. The Bertz CT molecular complexity index is 1020. The first-order valence-electron chi connectivity index (χ1n) is 11.6. The van der Waals surface area contributed by atoms with Crippen LogP contribution in [0, 0.1) is 5.92 Å². The van der Waals surface area contributed by atoms with Crippen molar-refractivity contribution in [1.82, 2.24) is 9.47 Å². The summed E-state index contributed by atoms with van der Waals surface area (Å²) in [7, 11) is 0. The monoisotopic (exact) mass is 456 g/mol. The SMILES string of the molecule is CCO[C@H]1OC(C(=O)N2CCOCC2)=C[C@@H](c2cn(C(C)=O)c3ccccc23)[C@H]1CCCO. The van der Waals surface area contributed by atoms with Gasteiger partial charge in [0.25, 0.3) is 5.91 Å². The third-order valence-corrected chi connectivity index (χ3v) is 6.36. The average molecular weight is 457 g/mol. The van der Waals surface area contributed by atoms with E-state index in [1.54, 1.807) is 9.47 Å². The van der Waals surface area contributed by atoms with Gasteiger partial charge in [-0.2, -0.15) is 0 Å². The number of ether oxygens (including phenoxy) is 3. The molecule has 33 heavy (non-hydrogen) atoms. The fraction of sp³-hybridized carbons (Fsp3) is 0.520. The smallest absolute Gasteiger partial charge is 0.288 e. The Morgan fingerprint density at radius 1 is 1.21 bits per heavy atom. The number of fused-ring (bicyclic) bond motifs is 1. The van der Waals surface area contributed by atoms with Crippen molar-refractivity contribution in [2.24, 2.45) is 5.92 Å². The Labute approximate surface area is 193 Å². The lowest BCUT2D eigenvalue weighted by atomic mass is 9.80. The number of hydrogen-bond donors (Lipinski definition) is 1. The zero-order valence-electron chi connectivity index (χ0n) is 19.2. The number of allylic oxidation sites excluding steroid dienone is 1. The summed E-state index contributed by atoms with van der Waals surface area (Å²) in [5.74, 6) is -0.326. The third kappa shape index (κ3) is 4.83. The number of aliphatic hydroxyl groups is 1. The fourth-order valence-corrected chi connectivity index (χ4v) is 4.77. The van der Waals surface area contributed by atoms with Crippen LogP contribution in [0.4, 0.5) is 0 Å². The molecule has 8 nitrogen and oxygen atoms in total. The molecule has 3 atom stereocenters. The summed E-state index contributed by atoms with van der Waals surface area (Å²) < 4.78 is 19.1. The highest BCUT2D eigenvalue weighted by Crippen LogP contribution is 2.42. The van der Waals surface area contributed by atoms with Crippen LogP contribution in [0.5, 0.6) is 0 Å². The molecule has 0 radical (unpaired) electrons. The molecule has 1 saturated heterocycles. The second-order valence-electron chi connectivity index (χ2n) is 8.42. The molecule has 0 spiro atoms. The van der Waals surface area contributed by atoms with Crippen molar-refractivity contribution in [2.45, 2.75) is 38.9 Å². The molecule has 2 aromatic rings. The Morgan fingerprint density at radius 2 is 1.97 bits per heavy atom. The van der Waals surface area contributed by atoms with E-state index >= 15 is 0 Å². The number of para-hydroxylation sites is 1. The first kappa shape index (κ1) is 23.5. The number of aliphatic hydroxyl groups excluding tert-OH is 1. The second kappa shape index (κ2) is 10.5. The van der Waals surface area contributed by atoms with Crippen LogP contribution in [0.1, 0.15) is 43.0 Å². The molecule has 0 saturated carbocycles. The minimum atomic E-state index is -0.629. The van der Waals surface area contributed by atoms with Gasteiger partial charge in [0.05, 0.1) is 18.7 Å². The largest absolute Gasteiger partial charge is 0.459 e. The van der Waals surface area contributed by atoms with Crippen molar-refractivity contribution in [3.63, 3.8) is 0 Å². The lowest BCUT2D eigenvalue weighted by molar-refractivity contribution is -0.171. The van der Waals surface area contributed by atoms with Crippen LogP contribution in [0.3, 0.4) is 0 Å². The quantitative estimate of drug-likeness (QED) is 0.689. The van der Waals surface area contributed by atoms with Gasteiger partial charge in [-0.1, -0.05) is 18.2 Å². The average Bonchev–Trinajstić information content (AvgIpc) is 3.23. The molecule has 3 heterocycles. The molecule has 0 unspecified atom stereocenters. The van der Waals surface area contributed by atoms with E-state index in [-0.39, 0.29) is 36.0 Å². The zero-order chi connectivity index (χ0) is 23.4. The summed E-state index contributed by atoms with van der Waals surface area (Å²) in [5, 5.41) is 10.5. The molecule has 1 amide bonds. The molecule has 1 aromatic heterocycles. The topological polar surface area (TPSA) is 90.2 Å². The molecular weight excluding hydrogens is 424 g/mol. The van der Waals surface area contributed by atoms with E-state index in [9.17, 15) is 14.7 Å². The lowest BCUT2D eigenvalue weighted by Gasteiger charge is -2.38. The van der Waals surface area contributed by atoms with E-state index < -0.39 is 6.29 Å². The van der Waals surface area contributed by atoms with Gasteiger partial charge in [-0.05, 0) is 37.5 Å². The molecule has 2 aliphatic rings. The summed E-state index contributed by atoms with van der Waals surface area (Å²) >= 11 is 0. The van der Waals surface area contributed by atoms with Gasteiger partial charge in [0.2, 0.25) is 12.2 Å². The minimum absolute atomic E-state index is 0.0561. The van der Waals surface area contributed by atoms with Crippen molar-refractivity contribution in [1.29, 1.82) is 0 Å². The molecule has 1 N–H and O–H groups in total. The van der Waals surface area contributed by atoms with Crippen molar-refractivity contribution in [3.05, 3.63) is 47.9 Å². The van der Waals surface area contributed by atoms with Crippen LogP contribution in [-0.4, -0.2) is 72.2 Å². The van der Waals surface area contributed by atoms with Crippen molar-refractivity contribution in [2.75, 3.05) is 39.5 Å². The molecule has 1 fully saturated rings. The summed E-state index contributed by atoms with van der Waals surface area (Å²) in [6.45, 7) is 5.95. The van der Waals surface area contributed by atoms with Crippen LogP contribution in [0.25, 0.3) is 10.9 Å². The van der Waals surface area contributed by atoms with Gasteiger partial charge in [-0.3, -0.25) is 14.2 Å². The van der Waals surface area contributed by atoms with Crippen molar-refractivity contribution >= 4 is 22.7 Å². The summed E-state index contributed by atoms with van der Waals surface area (Å²) in [4.78, 5) is 27.4. The van der Waals surface area contributed by atoms with Crippen LogP contribution in [0.15, 0.2) is 42.3 Å².